The first-order chi connectivity index (χ1) is 5.41. The number of aliphatic hydroxyl groups is 1. The summed E-state index contributed by atoms with van der Waals surface area (Å²) in [6, 6.07) is 2.76. The van der Waals surface area contributed by atoms with Crippen LogP contribution in [0, 0.1) is 0 Å². The molecule has 1 aromatic heterocycles. The van der Waals surface area contributed by atoms with Crippen molar-refractivity contribution < 1.29 is 19.4 Å². The maximum atomic E-state index is 10.4. The third kappa shape index (κ3) is 1.65. The SMILES string of the molecule is CC(C)(O)c1ccc(C(=O)O)o1. The lowest BCUT2D eigenvalue weighted by atomic mass is 10.1. The largest absolute Gasteiger partial charge is 0.475 e. The van der Waals surface area contributed by atoms with Crippen molar-refractivity contribution in [2.24, 2.45) is 0 Å². The molecule has 0 saturated heterocycles. The highest BCUT2D eigenvalue weighted by molar-refractivity contribution is 5.84. The molecule has 1 rings (SSSR count). The first-order valence-corrected chi connectivity index (χ1v) is 3.47. The molecule has 2 N–H and O–H groups in total. The van der Waals surface area contributed by atoms with E-state index in [-0.39, 0.29) is 11.5 Å². The van der Waals surface area contributed by atoms with Crippen molar-refractivity contribution in [3.05, 3.63) is 23.7 Å². The molecular weight excluding hydrogens is 160 g/mol. The lowest BCUT2D eigenvalue weighted by molar-refractivity contribution is 0.0486. The topological polar surface area (TPSA) is 70.7 Å². The number of furan rings is 1. The van der Waals surface area contributed by atoms with Crippen LogP contribution in [0.25, 0.3) is 0 Å². The van der Waals surface area contributed by atoms with Gasteiger partial charge in [0.05, 0.1) is 0 Å². The Morgan fingerprint density at radius 1 is 1.50 bits per heavy atom. The van der Waals surface area contributed by atoms with Crippen LogP contribution < -0.4 is 0 Å². The van der Waals surface area contributed by atoms with Crippen molar-refractivity contribution in [2.45, 2.75) is 19.4 Å². The lowest BCUT2D eigenvalue weighted by Gasteiger charge is -2.12. The molecule has 0 radical (unpaired) electrons. The van der Waals surface area contributed by atoms with E-state index in [0.717, 1.165) is 0 Å². The highest BCUT2D eigenvalue weighted by Crippen LogP contribution is 2.21. The third-order valence-corrected chi connectivity index (χ3v) is 1.42. The van der Waals surface area contributed by atoms with Crippen LogP contribution in [-0.4, -0.2) is 16.2 Å². The summed E-state index contributed by atoms with van der Waals surface area (Å²) < 4.78 is 4.86. The number of hydrogen-bond donors (Lipinski definition) is 2. The van der Waals surface area contributed by atoms with Gasteiger partial charge in [-0.05, 0) is 26.0 Å². The highest BCUT2D eigenvalue weighted by Gasteiger charge is 2.21. The van der Waals surface area contributed by atoms with Gasteiger partial charge in [-0.2, -0.15) is 0 Å². The number of aromatic carboxylic acids is 1. The van der Waals surface area contributed by atoms with Gasteiger partial charge >= 0.3 is 5.97 Å². The second kappa shape index (κ2) is 2.64. The Kier molecular flexibility index (Phi) is 1.94. The molecule has 1 heterocycles. The maximum Gasteiger partial charge on any atom is 0.371 e. The molecule has 0 unspecified atom stereocenters. The van der Waals surface area contributed by atoms with Gasteiger partial charge in [-0.15, -0.1) is 0 Å². The standard InChI is InChI=1S/C8H10O4/c1-8(2,11)6-4-3-5(12-6)7(9)10/h3-4,11H,1-2H3,(H,9,10). The predicted molar refractivity (Wildman–Crippen MR) is 40.9 cm³/mol. The van der Waals surface area contributed by atoms with Gasteiger partial charge in [0.2, 0.25) is 5.76 Å². The normalized spacial score (nSPS) is 11.6. The molecule has 0 aliphatic heterocycles. The molecule has 1 aromatic rings. The summed E-state index contributed by atoms with van der Waals surface area (Å²) in [6.45, 7) is 3.05. The van der Waals surface area contributed by atoms with Gasteiger partial charge in [0.25, 0.3) is 0 Å². The summed E-state index contributed by atoms with van der Waals surface area (Å²) in [6.07, 6.45) is 0. The van der Waals surface area contributed by atoms with Gasteiger partial charge in [-0.25, -0.2) is 4.79 Å². The average Bonchev–Trinajstić information content (AvgIpc) is 2.30. The molecule has 0 amide bonds. The van der Waals surface area contributed by atoms with E-state index in [1.54, 1.807) is 0 Å². The molecule has 0 aliphatic rings. The molecule has 0 aliphatic carbocycles. The zero-order valence-electron chi connectivity index (χ0n) is 6.87. The summed E-state index contributed by atoms with van der Waals surface area (Å²) in [4.78, 5) is 10.4. The molecule has 0 atom stereocenters. The summed E-state index contributed by atoms with van der Waals surface area (Å²) in [7, 11) is 0. The van der Waals surface area contributed by atoms with E-state index in [9.17, 15) is 9.90 Å². The minimum absolute atomic E-state index is 0.160. The van der Waals surface area contributed by atoms with E-state index in [1.165, 1.54) is 26.0 Å². The Bertz CT molecular complexity index is 292. The Hall–Kier alpha value is -1.29. The molecule has 66 valence electrons. The van der Waals surface area contributed by atoms with Crippen molar-refractivity contribution in [3.63, 3.8) is 0 Å². The van der Waals surface area contributed by atoms with Gasteiger partial charge in [0.1, 0.15) is 11.4 Å². The van der Waals surface area contributed by atoms with Crippen molar-refractivity contribution in [3.8, 4) is 0 Å². The molecule has 0 aromatic carbocycles. The number of carboxylic acid groups (broad SMARTS) is 1. The van der Waals surface area contributed by atoms with Crippen LogP contribution in [0.4, 0.5) is 0 Å². The van der Waals surface area contributed by atoms with Gasteiger partial charge < -0.3 is 14.6 Å². The fourth-order valence-corrected chi connectivity index (χ4v) is 0.782. The van der Waals surface area contributed by atoms with Gasteiger partial charge in [-0.3, -0.25) is 0 Å². The minimum atomic E-state index is -1.13. The average molecular weight is 170 g/mol. The van der Waals surface area contributed by atoms with E-state index in [2.05, 4.69) is 0 Å². The summed E-state index contributed by atoms with van der Waals surface area (Å²) in [5.74, 6) is -1.04. The Morgan fingerprint density at radius 3 is 2.33 bits per heavy atom. The third-order valence-electron chi connectivity index (χ3n) is 1.42. The number of hydrogen-bond acceptors (Lipinski definition) is 3. The zero-order valence-corrected chi connectivity index (χ0v) is 6.87. The fraction of sp³-hybridized carbons (Fsp3) is 0.375. The molecule has 0 bridgehead atoms. The highest BCUT2D eigenvalue weighted by atomic mass is 16.4. The number of carboxylic acids is 1. The Balaban J connectivity index is 3.00. The van der Waals surface area contributed by atoms with Crippen LogP contribution in [0.3, 0.4) is 0 Å². The monoisotopic (exact) mass is 170 g/mol. The first-order valence-electron chi connectivity index (χ1n) is 3.47. The second-order valence-electron chi connectivity index (χ2n) is 3.03. The molecular formula is C8H10O4. The molecule has 0 fully saturated rings. The van der Waals surface area contributed by atoms with E-state index in [0.29, 0.717) is 0 Å². The van der Waals surface area contributed by atoms with Gasteiger partial charge in [-0.1, -0.05) is 0 Å². The van der Waals surface area contributed by atoms with Crippen LogP contribution in [0.1, 0.15) is 30.2 Å². The fourth-order valence-electron chi connectivity index (χ4n) is 0.782. The van der Waals surface area contributed by atoms with Crippen LogP contribution in [0.5, 0.6) is 0 Å². The first kappa shape index (κ1) is 8.80. The van der Waals surface area contributed by atoms with Crippen LogP contribution >= 0.6 is 0 Å². The van der Waals surface area contributed by atoms with Crippen LogP contribution in [0.15, 0.2) is 16.5 Å². The summed E-state index contributed by atoms with van der Waals surface area (Å²) in [5.41, 5.74) is -1.13. The summed E-state index contributed by atoms with van der Waals surface area (Å²) in [5, 5.41) is 17.9. The predicted octanol–water partition coefficient (Wildman–Crippen LogP) is 1.21. The lowest BCUT2D eigenvalue weighted by Crippen LogP contribution is -2.14. The van der Waals surface area contributed by atoms with E-state index in [1.807, 2.05) is 0 Å². The molecule has 4 heteroatoms. The maximum absolute atomic E-state index is 10.4. The van der Waals surface area contributed by atoms with Crippen molar-refractivity contribution >= 4 is 5.97 Å². The van der Waals surface area contributed by atoms with Crippen molar-refractivity contribution in [1.29, 1.82) is 0 Å². The minimum Gasteiger partial charge on any atom is -0.475 e. The quantitative estimate of drug-likeness (QED) is 0.699. The van der Waals surface area contributed by atoms with Crippen molar-refractivity contribution in [1.82, 2.24) is 0 Å². The molecule has 0 spiro atoms. The van der Waals surface area contributed by atoms with Gasteiger partial charge in [0.15, 0.2) is 0 Å². The van der Waals surface area contributed by atoms with Crippen molar-refractivity contribution in [2.75, 3.05) is 0 Å². The Morgan fingerprint density at radius 2 is 2.08 bits per heavy atom. The van der Waals surface area contributed by atoms with Crippen LogP contribution in [0.2, 0.25) is 0 Å². The molecule has 4 nitrogen and oxygen atoms in total. The van der Waals surface area contributed by atoms with E-state index >= 15 is 0 Å². The number of carbonyl (C=O) groups is 1. The molecule has 12 heavy (non-hydrogen) atoms. The Labute approximate surface area is 69.4 Å². The van der Waals surface area contributed by atoms with Crippen LogP contribution in [-0.2, 0) is 5.60 Å². The van der Waals surface area contributed by atoms with Gasteiger partial charge in [0, 0.05) is 0 Å². The molecule has 0 saturated carbocycles. The van der Waals surface area contributed by atoms with E-state index in [4.69, 9.17) is 9.52 Å². The zero-order chi connectivity index (χ0) is 9.35. The number of rotatable bonds is 2. The smallest absolute Gasteiger partial charge is 0.371 e. The summed E-state index contributed by atoms with van der Waals surface area (Å²) >= 11 is 0. The second-order valence-corrected chi connectivity index (χ2v) is 3.03. The van der Waals surface area contributed by atoms with E-state index < -0.39 is 11.6 Å².